The van der Waals surface area contributed by atoms with Gasteiger partial charge in [-0.25, -0.2) is 0 Å². The maximum atomic E-state index is 12.3. The number of aryl methyl sites for hydroxylation is 3. The molecule has 0 saturated carbocycles. The van der Waals surface area contributed by atoms with Crippen molar-refractivity contribution in [2.24, 2.45) is 0 Å². The topological polar surface area (TPSA) is 54.1 Å². The first-order valence-electron chi connectivity index (χ1n) is 9.19. The van der Waals surface area contributed by atoms with Crippen molar-refractivity contribution < 1.29 is 9.53 Å². The lowest BCUT2D eigenvalue weighted by Gasteiger charge is -2.14. The van der Waals surface area contributed by atoms with E-state index in [1.54, 1.807) is 0 Å². The van der Waals surface area contributed by atoms with Gasteiger partial charge in [-0.05, 0) is 68.1 Å². The number of amides is 1. The Morgan fingerprint density at radius 2 is 1.93 bits per heavy atom. The highest BCUT2D eigenvalue weighted by Gasteiger charge is 2.26. The lowest BCUT2D eigenvalue weighted by atomic mass is 10.1. The number of aromatic nitrogens is 1. The summed E-state index contributed by atoms with van der Waals surface area (Å²) in [4.78, 5) is 15.8. The summed E-state index contributed by atoms with van der Waals surface area (Å²) in [6.45, 7) is 5.97. The molecular formula is C22H23ClN2O2. The van der Waals surface area contributed by atoms with E-state index in [0.717, 1.165) is 29.0 Å². The zero-order chi connectivity index (χ0) is 19.1. The number of carbonyl (C=O) groups is 1. The van der Waals surface area contributed by atoms with Crippen LogP contribution in [-0.2, 0) is 17.6 Å². The van der Waals surface area contributed by atoms with E-state index in [-0.39, 0.29) is 18.6 Å². The minimum absolute atomic E-state index is 0.00476. The number of hydrogen-bond acceptors (Lipinski definition) is 2. The summed E-state index contributed by atoms with van der Waals surface area (Å²) in [6.07, 6.45) is 1.68. The molecular weight excluding hydrogens is 360 g/mol. The van der Waals surface area contributed by atoms with E-state index in [1.807, 2.05) is 26.0 Å². The van der Waals surface area contributed by atoms with Gasteiger partial charge < -0.3 is 15.0 Å². The molecule has 1 heterocycles. The van der Waals surface area contributed by atoms with Crippen LogP contribution in [0.2, 0.25) is 5.02 Å². The highest BCUT2D eigenvalue weighted by molar-refractivity contribution is 6.32. The van der Waals surface area contributed by atoms with Gasteiger partial charge in [0.25, 0.3) is 5.91 Å². The molecule has 0 radical (unpaired) electrons. The largest absolute Gasteiger partial charge is 0.484 e. The summed E-state index contributed by atoms with van der Waals surface area (Å²) < 4.78 is 5.66. The van der Waals surface area contributed by atoms with Crippen molar-refractivity contribution >= 4 is 28.4 Å². The minimum atomic E-state index is -0.101. The van der Waals surface area contributed by atoms with Crippen molar-refractivity contribution in [3.63, 3.8) is 0 Å². The summed E-state index contributed by atoms with van der Waals surface area (Å²) in [7, 11) is 0. The van der Waals surface area contributed by atoms with Crippen LogP contribution >= 0.6 is 11.6 Å². The average Bonchev–Trinajstić information content (AvgIpc) is 3.15. The van der Waals surface area contributed by atoms with Gasteiger partial charge in [-0.15, -0.1) is 0 Å². The SMILES string of the molecule is Cc1ccc2[nH]c3c(c2c1)CC(NC(=O)COc1cc(C)c(Cl)c(C)c1)C3. The van der Waals surface area contributed by atoms with Crippen molar-refractivity contribution in [3.05, 3.63) is 63.3 Å². The van der Waals surface area contributed by atoms with Gasteiger partial charge in [-0.1, -0.05) is 23.2 Å². The van der Waals surface area contributed by atoms with E-state index in [1.165, 1.54) is 27.7 Å². The predicted molar refractivity (Wildman–Crippen MR) is 109 cm³/mol. The third-order valence-corrected chi connectivity index (χ3v) is 5.79. The van der Waals surface area contributed by atoms with Gasteiger partial charge in [0, 0.05) is 34.1 Å². The van der Waals surface area contributed by atoms with Crippen molar-refractivity contribution in [2.75, 3.05) is 6.61 Å². The predicted octanol–water partition coefficient (Wildman–Crippen LogP) is 4.41. The monoisotopic (exact) mass is 382 g/mol. The Hall–Kier alpha value is -2.46. The summed E-state index contributed by atoms with van der Waals surface area (Å²) >= 11 is 6.17. The number of carbonyl (C=O) groups excluding carboxylic acids is 1. The smallest absolute Gasteiger partial charge is 0.258 e. The molecule has 1 unspecified atom stereocenters. The minimum Gasteiger partial charge on any atom is -0.484 e. The van der Waals surface area contributed by atoms with Crippen LogP contribution < -0.4 is 10.1 Å². The first-order valence-corrected chi connectivity index (χ1v) is 9.57. The summed E-state index contributed by atoms with van der Waals surface area (Å²) in [6, 6.07) is 10.3. The van der Waals surface area contributed by atoms with Crippen LogP contribution in [0, 0.1) is 20.8 Å². The third kappa shape index (κ3) is 3.54. The molecule has 1 atom stereocenters. The quantitative estimate of drug-likeness (QED) is 0.702. The Labute approximate surface area is 163 Å². The van der Waals surface area contributed by atoms with Gasteiger partial charge in [0.15, 0.2) is 6.61 Å². The van der Waals surface area contributed by atoms with Gasteiger partial charge in [0.2, 0.25) is 0 Å². The van der Waals surface area contributed by atoms with E-state index in [0.29, 0.717) is 5.75 Å². The second-order valence-electron chi connectivity index (χ2n) is 7.46. The number of H-pyrrole nitrogens is 1. The molecule has 27 heavy (non-hydrogen) atoms. The Morgan fingerprint density at radius 3 is 2.67 bits per heavy atom. The molecule has 0 saturated heterocycles. The van der Waals surface area contributed by atoms with Crippen LogP contribution in [0.5, 0.6) is 5.75 Å². The van der Waals surface area contributed by atoms with Crippen molar-refractivity contribution in [3.8, 4) is 5.75 Å². The Bertz CT molecular complexity index is 1020. The molecule has 1 amide bonds. The van der Waals surface area contributed by atoms with Crippen LogP contribution in [0.15, 0.2) is 30.3 Å². The van der Waals surface area contributed by atoms with Gasteiger partial charge >= 0.3 is 0 Å². The number of halogens is 1. The number of nitrogens with one attached hydrogen (secondary N) is 2. The van der Waals surface area contributed by atoms with Crippen LogP contribution in [-0.4, -0.2) is 23.5 Å². The maximum Gasteiger partial charge on any atom is 0.258 e. The first-order chi connectivity index (χ1) is 12.9. The van der Waals surface area contributed by atoms with Crippen LogP contribution in [0.25, 0.3) is 10.9 Å². The van der Waals surface area contributed by atoms with Crippen molar-refractivity contribution in [2.45, 2.75) is 39.7 Å². The molecule has 1 aliphatic rings. The second-order valence-corrected chi connectivity index (χ2v) is 7.84. The lowest BCUT2D eigenvalue weighted by Crippen LogP contribution is -2.38. The van der Waals surface area contributed by atoms with Gasteiger partial charge in [-0.3, -0.25) is 4.79 Å². The van der Waals surface area contributed by atoms with Crippen LogP contribution in [0.4, 0.5) is 0 Å². The summed E-state index contributed by atoms with van der Waals surface area (Å²) in [5, 5.41) is 5.10. The molecule has 1 aliphatic carbocycles. The summed E-state index contributed by atoms with van der Waals surface area (Å²) in [5.41, 5.74) is 6.87. The highest BCUT2D eigenvalue weighted by atomic mass is 35.5. The molecule has 140 valence electrons. The normalized spacial score (nSPS) is 15.8. The fraction of sp³-hybridized carbons (Fsp3) is 0.318. The molecule has 5 heteroatoms. The Kier molecular flexibility index (Phi) is 4.60. The number of aromatic amines is 1. The number of ether oxygens (including phenoxy) is 1. The van der Waals surface area contributed by atoms with Crippen molar-refractivity contribution in [1.29, 1.82) is 0 Å². The lowest BCUT2D eigenvalue weighted by molar-refractivity contribution is -0.123. The first kappa shape index (κ1) is 17.9. The Balaban J connectivity index is 1.37. The van der Waals surface area contributed by atoms with Gasteiger partial charge in [0.1, 0.15) is 5.75 Å². The molecule has 2 aromatic carbocycles. The molecule has 0 spiro atoms. The third-order valence-electron chi connectivity index (χ3n) is 5.20. The fourth-order valence-electron chi connectivity index (χ4n) is 3.90. The fourth-order valence-corrected chi connectivity index (χ4v) is 4.01. The van der Waals surface area contributed by atoms with Crippen LogP contribution in [0.1, 0.15) is 27.9 Å². The van der Waals surface area contributed by atoms with E-state index in [4.69, 9.17) is 16.3 Å². The molecule has 4 rings (SSSR count). The average molecular weight is 383 g/mol. The number of fused-ring (bicyclic) bond motifs is 3. The molecule has 2 N–H and O–H groups in total. The molecule has 0 fully saturated rings. The zero-order valence-electron chi connectivity index (χ0n) is 15.8. The number of rotatable bonds is 4. The van der Waals surface area contributed by atoms with Crippen LogP contribution in [0.3, 0.4) is 0 Å². The number of hydrogen-bond donors (Lipinski definition) is 2. The van der Waals surface area contributed by atoms with E-state index in [2.05, 4.69) is 35.4 Å². The molecule has 4 nitrogen and oxygen atoms in total. The van der Waals surface area contributed by atoms with E-state index < -0.39 is 0 Å². The molecule has 1 aromatic heterocycles. The maximum absolute atomic E-state index is 12.3. The Morgan fingerprint density at radius 1 is 1.19 bits per heavy atom. The number of benzene rings is 2. The van der Waals surface area contributed by atoms with E-state index >= 15 is 0 Å². The zero-order valence-corrected chi connectivity index (χ0v) is 16.5. The highest BCUT2D eigenvalue weighted by Crippen LogP contribution is 2.31. The van der Waals surface area contributed by atoms with Gasteiger partial charge in [0.05, 0.1) is 0 Å². The molecule has 0 bridgehead atoms. The second kappa shape index (κ2) is 6.93. The van der Waals surface area contributed by atoms with Gasteiger partial charge in [-0.2, -0.15) is 0 Å². The molecule has 3 aromatic rings. The standard InChI is InChI=1S/C22H23ClN2O2/c1-12-4-5-19-17(6-12)18-9-15(10-20(18)25-19)24-21(26)11-27-16-7-13(2)22(23)14(3)8-16/h4-8,15,25H,9-11H2,1-3H3,(H,24,26). The summed E-state index contributed by atoms with van der Waals surface area (Å²) in [5.74, 6) is 0.568. The van der Waals surface area contributed by atoms with E-state index in [9.17, 15) is 4.79 Å². The van der Waals surface area contributed by atoms with Crippen molar-refractivity contribution in [1.82, 2.24) is 10.3 Å². The molecule has 0 aliphatic heterocycles.